The number of hydrogen-bond acceptors (Lipinski definition) is 8. The van der Waals surface area contributed by atoms with Gasteiger partial charge in [-0.2, -0.15) is 9.97 Å². The van der Waals surface area contributed by atoms with Crippen molar-refractivity contribution in [3.8, 4) is 17.5 Å². The van der Waals surface area contributed by atoms with Gasteiger partial charge >= 0.3 is 0 Å². The van der Waals surface area contributed by atoms with E-state index in [-0.39, 0.29) is 22.4 Å². The smallest absolute Gasteiger partial charge is 0.272 e. The van der Waals surface area contributed by atoms with Crippen molar-refractivity contribution >= 4 is 42.9 Å². The molecule has 0 spiro atoms. The number of H-pyrrole nitrogens is 1. The Morgan fingerprint density at radius 1 is 1.17 bits per heavy atom. The first-order valence-corrected chi connectivity index (χ1v) is 10.1. The third-order valence-electron chi connectivity index (χ3n) is 3.53. The number of halogens is 3. The lowest BCUT2D eigenvalue weighted by atomic mass is 10.3. The summed E-state index contributed by atoms with van der Waals surface area (Å²) in [7, 11) is -1.72. The fourth-order valence-electron chi connectivity index (χ4n) is 2.36. The summed E-state index contributed by atoms with van der Waals surface area (Å²) in [5, 5.41) is 0.344. The minimum Gasteiger partial charge on any atom is -0.478 e. The van der Waals surface area contributed by atoms with Gasteiger partial charge < -0.3 is 19.2 Å². The molecule has 0 aliphatic rings. The minimum atomic E-state index is -4.13. The summed E-state index contributed by atoms with van der Waals surface area (Å²) >= 11 is 3.20. The number of nitrogens with one attached hydrogen (secondary N) is 2. The molecule has 10 nitrogen and oxygen atoms in total. The van der Waals surface area contributed by atoms with Crippen LogP contribution in [0.5, 0.6) is 17.5 Å². The SMILES string of the molecule is COc1nc(NS(=O)(=O)c2c[nH]c3nc(Br)ccc23)nc(OC)c1OCC(F)F. The maximum atomic E-state index is 12.8. The van der Waals surface area contributed by atoms with Crippen molar-refractivity contribution in [1.82, 2.24) is 19.9 Å². The molecule has 3 rings (SSSR count). The van der Waals surface area contributed by atoms with Gasteiger partial charge in [-0.3, -0.25) is 0 Å². The fraction of sp³-hybridized carbons (Fsp3) is 0.267. The Hall–Kier alpha value is -2.74. The van der Waals surface area contributed by atoms with E-state index in [1.165, 1.54) is 20.4 Å². The Balaban J connectivity index is 1.97. The van der Waals surface area contributed by atoms with Gasteiger partial charge in [0.15, 0.2) is 0 Å². The van der Waals surface area contributed by atoms with Gasteiger partial charge in [-0.15, -0.1) is 0 Å². The Bertz CT molecular complexity index is 1120. The molecule has 0 fully saturated rings. The lowest BCUT2D eigenvalue weighted by Gasteiger charge is -2.14. The quantitative estimate of drug-likeness (QED) is 0.458. The van der Waals surface area contributed by atoms with Crippen molar-refractivity contribution in [2.75, 3.05) is 25.5 Å². The summed E-state index contributed by atoms with van der Waals surface area (Å²) in [4.78, 5) is 14.5. The number of sulfonamides is 1. The highest BCUT2D eigenvalue weighted by atomic mass is 79.9. The van der Waals surface area contributed by atoms with E-state index >= 15 is 0 Å². The van der Waals surface area contributed by atoms with Crippen LogP contribution in [0.15, 0.2) is 27.8 Å². The average Bonchev–Trinajstić information content (AvgIpc) is 3.09. The molecular formula is C15H14BrF2N5O5S. The standard InChI is InChI=1S/C15H14BrF2N5O5S/c1-26-13-11(28-6-10(17)18)14(27-2)22-15(21-13)23-29(24,25)8-5-19-12-7(8)3-4-9(16)20-12/h3-5,10H,6H2,1-2H3,(H,19,20)(H,21,22,23). The van der Waals surface area contributed by atoms with Gasteiger partial charge in [0.1, 0.15) is 21.8 Å². The second-order valence-corrected chi connectivity index (χ2v) is 7.85. The molecule has 0 atom stereocenters. The summed E-state index contributed by atoms with van der Waals surface area (Å²) in [5.41, 5.74) is 0.353. The molecule has 0 radical (unpaired) electrons. The summed E-state index contributed by atoms with van der Waals surface area (Å²) in [6.07, 6.45) is -1.49. The van der Waals surface area contributed by atoms with E-state index in [0.717, 1.165) is 0 Å². The predicted molar refractivity (Wildman–Crippen MR) is 101 cm³/mol. The van der Waals surface area contributed by atoms with E-state index in [1.807, 2.05) is 0 Å². The third-order valence-corrected chi connectivity index (χ3v) is 5.34. The normalized spacial score (nSPS) is 11.7. The van der Waals surface area contributed by atoms with Crippen molar-refractivity contribution in [1.29, 1.82) is 0 Å². The van der Waals surface area contributed by atoms with Crippen LogP contribution in [-0.2, 0) is 10.0 Å². The number of rotatable bonds is 8. The van der Waals surface area contributed by atoms with Crippen LogP contribution in [0.1, 0.15) is 0 Å². The van der Waals surface area contributed by atoms with Crippen molar-refractivity contribution in [3.63, 3.8) is 0 Å². The molecule has 0 aromatic carbocycles. The number of hydrogen-bond donors (Lipinski definition) is 2. The molecule has 3 heterocycles. The van der Waals surface area contributed by atoms with Crippen LogP contribution in [0, 0.1) is 0 Å². The summed E-state index contributed by atoms with van der Waals surface area (Å²) in [5.74, 6) is -1.23. The van der Waals surface area contributed by atoms with Gasteiger partial charge in [-0.25, -0.2) is 26.9 Å². The zero-order valence-electron chi connectivity index (χ0n) is 14.9. The molecule has 0 saturated heterocycles. The Kier molecular flexibility index (Phi) is 6.02. The third kappa shape index (κ3) is 4.48. The summed E-state index contributed by atoms with van der Waals surface area (Å²) in [6.45, 7) is -0.945. The molecule has 2 N–H and O–H groups in total. The Labute approximate surface area is 171 Å². The van der Waals surface area contributed by atoms with Crippen LogP contribution in [-0.4, -0.2) is 55.6 Å². The molecule has 0 aliphatic heterocycles. The van der Waals surface area contributed by atoms with Crippen LogP contribution in [0.4, 0.5) is 14.7 Å². The zero-order chi connectivity index (χ0) is 21.2. The largest absolute Gasteiger partial charge is 0.478 e. The number of aromatic amines is 1. The van der Waals surface area contributed by atoms with E-state index in [9.17, 15) is 17.2 Å². The number of anilines is 1. The van der Waals surface area contributed by atoms with Gasteiger partial charge in [-0.05, 0) is 28.1 Å². The van der Waals surface area contributed by atoms with E-state index in [4.69, 9.17) is 14.2 Å². The molecule has 0 saturated carbocycles. The first-order valence-electron chi connectivity index (χ1n) is 7.82. The molecule has 3 aromatic heterocycles. The van der Waals surface area contributed by atoms with Crippen molar-refractivity contribution in [2.45, 2.75) is 11.3 Å². The molecule has 0 unspecified atom stereocenters. The highest BCUT2D eigenvalue weighted by Gasteiger charge is 2.25. The zero-order valence-corrected chi connectivity index (χ0v) is 17.3. The second kappa shape index (κ2) is 8.32. The second-order valence-electron chi connectivity index (χ2n) is 5.39. The highest BCUT2D eigenvalue weighted by Crippen LogP contribution is 2.36. The molecule has 29 heavy (non-hydrogen) atoms. The molecule has 0 aliphatic carbocycles. The molecule has 0 bridgehead atoms. The number of ether oxygens (including phenoxy) is 3. The lowest BCUT2D eigenvalue weighted by Crippen LogP contribution is -2.16. The van der Waals surface area contributed by atoms with Gasteiger partial charge in [-0.1, -0.05) is 0 Å². The number of aromatic nitrogens is 4. The molecular weight excluding hydrogens is 480 g/mol. The van der Waals surface area contributed by atoms with Gasteiger partial charge in [0.2, 0.25) is 11.7 Å². The average molecular weight is 494 g/mol. The Morgan fingerprint density at radius 3 is 2.41 bits per heavy atom. The predicted octanol–water partition coefficient (Wildman–Crippen LogP) is 2.58. The van der Waals surface area contributed by atoms with Gasteiger partial charge in [0.05, 0.1) is 14.2 Å². The van der Waals surface area contributed by atoms with E-state index in [1.54, 1.807) is 12.1 Å². The molecule has 0 amide bonds. The maximum absolute atomic E-state index is 12.8. The molecule has 156 valence electrons. The number of fused-ring (bicyclic) bond motifs is 1. The van der Waals surface area contributed by atoms with Crippen LogP contribution in [0.25, 0.3) is 11.0 Å². The monoisotopic (exact) mass is 493 g/mol. The van der Waals surface area contributed by atoms with Crippen LogP contribution < -0.4 is 18.9 Å². The van der Waals surface area contributed by atoms with Crippen molar-refractivity contribution in [2.24, 2.45) is 0 Å². The maximum Gasteiger partial charge on any atom is 0.272 e. The van der Waals surface area contributed by atoms with Gasteiger partial charge in [0, 0.05) is 11.6 Å². The van der Waals surface area contributed by atoms with E-state index in [2.05, 4.69) is 40.6 Å². The first-order chi connectivity index (χ1) is 13.7. The Morgan fingerprint density at radius 2 is 1.83 bits per heavy atom. The van der Waals surface area contributed by atoms with E-state index in [0.29, 0.717) is 15.6 Å². The lowest BCUT2D eigenvalue weighted by molar-refractivity contribution is 0.0781. The molecule has 3 aromatic rings. The minimum absolute atomic E-state index is 0.0907. The number of methoxy groups -OCH3 is 2. The van der Waals surface area contributed by atoms with Crippen LogP contribution in [0.2, 0.25) is 0 Å². The first kappa shape index (κ1) is 21.0. The number of pyridine rings is 1. The molecule has 14 heteroatoms. The topological polar surface area (TPSA) is 128 Å². The van der Waals surface area contributed by atoms with Crippen LogP contribution >= 0.6 is 15.9 Å². The van der Waals surface area contributed by atoms with Gasteiger partial charge in [0.25, 0.3) is 28.2 Å². The van der Waals surface area contributed by atoms with Crippen molar-refractivity contribution < 1.29 is 31.4 Å². The fourth-order valence-corrected chi connectivity index (χ4v) is 3.78. The highest BCUT2D eigenvalue weighted by molar-refractivity contribution is 9.10. The van der Waals surface area contributed by atoms with Crippen molar-refractivity contribution in [3.05, 3.63) is 22.9 Å². The number of nitrogens with zero attached hydrogens (tertiary/aromatic N) is 3. The number of alkyl halides is 2. The summed E-state index contributed by atoms with van der Waals surface area (Å²) in [6, 6.07) is 3.16. The van der Waals surface area contributed by atoms with Crippen LogP contribution in [0.3, 0.4) is 0 Å². The summed E-state index contributed by atoms with van der Waals surface area (Å²) < 4.78 is 68.1. The van der Waals surface area contributed by atoms with E-state index < -0.39 is 29.0 Å².